The molecule has 1 rings (SSSR count). The Morgan fingerprint density at radius 1 is 1.33 bits per heavy atom. The summed E-state index contributed by atoms with van der Waals surface area (Å²) in [5.74, 6) is 0.522. The third-order valence-corrected chi connectivity index (χ3v) is 3.09. The minimum absolute atomic E-state index is 0.239. The summed E-state index contributed by atoms with van der Waals surface area (Å²) in [6.45, 7) is 2.07. The maximum absolute atomic E-state index is 12.6. The van der Waals surface area contributed by atoms with Gasteiger partial charge in [0.25, 0.3) is 0 Å². The molecule has 0 aliphatic carbocycles. The first-order chi connectivity index (χ1) is 7.22. The fourth-order valence-corrected chi connectivity index (χ4v) is 1.94. The molecule has 1 nitrogen and oxygen atoms in total. The molecule has 0 heterocycles. The summed E-state index contributed by atoms with van der Waals surface area (Å²) >= 11 is 1.47. The van der Waals surface area contributed by atoms with Gasteiger partial charge in [-0.2, -0.15) is 0 Å². The molecule has 1 aromatic carbocycles. The molecule has 0 bridgehead atoms. The van der Waals surface area contributed by atoms with E-state index in [1.165, 1.54) is 23.9 Å². The Labute approximate surface area is 94.1 Å². The van der Waals surface area contributed by atoms with E-state index in [4.69, 9.17) is 0 Å². The van der Waals surface area contributed by atoms with Crippen molar-refractivity contribution in [2.75, 3.05) is 5.75 Å². The van der Waals surface area contributed by atoms with E-state index in [1.807, 2.05) is 0 Å². The monoisotopic (exact) mass is 226 g/mol. The number of unbranched alkanes of at least 4 members (excludes halogenated alkanes) is 1. The third-order valence-electron chi connectivity index (χ3n) is 2.02. The third kappa shape index (κ3) is 4.98. The Bertz CT molecular complexity index is 308. The quantitative estimate of drug-likeness (QED) is 0.688. The molecule has 0 aliphatic heterocycles. The average molecular weight is 226 g/mol. The second kappa shape index (κ2) is 6.62. The van der Waals surface area contributed by atoms with Crippen LogP contribution in [-0.2, 0) is 4.79 Å². The number of Topliss-reactive ketones (excluding diaryl/α,β-unsaturated/α-hetero) is 1. The molecule has 0 aliphatic rings. The molecule has 0 saturated carbocycles. The number of hydrogen-bond donors (Lipinski definition) is 0. The van der Waals surface area contributed by atoms with Gasteiger partial charge in [-0.1, -0.05) is 13.3 Å². The maximum atomic E-state index is 12.6. The van der Waals surface area contributed by atoms with Crippen LogP contribution in [0.2, 0.25) is 0 Å². The molecule has 0 aromatic heterocycles. The summed E-state index contributed by atoms with van der Waals surface area (Å²) in [6.07, 6.45) is 2.67. The average Bonchev–Trinajstić information content (AvgIpc) is 2.25. The van der Waals surface area contributed by atoms with Gasteiger partial charge in [-0.3, -0.25) is 4.79 Å². The molecule has 82 valence electrons. The van der Waals surface area contributed by atoms with Crippen LogP contribution in [0.3, 0.4) is 0 Å². The first-order valence-electron chi connectivity index (χ1n) is 5.12. The van der Waals surface area contributed by atoms with Gasteiger partial charge in [-0.25, -0.2) is 4.39 Å². The van der Waals surface area contributed by atoms with Crippen molar-refractivity contribution in [3.63, 3.8) is 0 Å². The largest absolute Gasteiger partial charge is 0.299 e. The summed E-state index contributed by atoms with van der Waals surface area (Å²) in [5.41, 5.74) is 0. The first kappa shape index (κ1) is 12.2. The number of hydrogen-bond acceptors (Lipinski definition) is 2. The number of thioether (sulfide) groups is 1. The lowest BCUT2D eigenvalue weighted by atomic mass is 10.2. The van der Waals surface area contributed by atoms with E-state index < -0.39 is 0 Å². The van der Waals surface area contributed by atoms with E-state index in [0.717, 1.165) is 17.7 Å². The van der Waals surface area contributed by atoms with Crippen LogP contribution < -0.4 is 0 Å². The van der Waals surface area contributed by atoms with Gasteiger partial charge in [-0.15, -0.1) is 11.8 Å². The summed E-state index contributed by atoms with van der Waals surface area (Å²) in [4.78, 5) is 12.3. The Hall–Kier alpha value is -0.830. The summed E-state index contributed by atoms with van der Waals surface area (Å²) < 4.78 is 12.6. The Morgan fingerprint density at radius 2 is 2.00 bits per heavy atom. The molecule has 0 fully saturated rings. The van der Waals surface area contributed by atoms with Crippen LogP contribution in [-0.4, -0.2) is 11.5 Å². The highest BCUT2D eigenvalue weighted by Gasteiger charge is 2.02. The zero-order valence-electron chi connectivity index (χ0n) is 8.83. The van der Waals surface area contributed by atoms with Crippen molar-refractivity contribution in [1.82, 2.24) is 0 Å². The SMILES string of the molecule is CCCCC(=O)CSc1ccc(F)cc1. The van der Waals surface area contributed by atoms with Gasteiger partial charge in [0.1, 0.15) is 11.6 Å². The molecule has 0 radical (unpaired) electrons. The van der Waals surface area contributed by atoms with Crippen molar-refractivity contribution in [3.8, 4) is 0 Å². The molecule has 1 aromatic rings. The van der Waals surface area contributed by atoms with Crippen LogP contribution in [0.25, 0.3) is 0 Å². The second-order valence-electron chi connectivity index (χ2n) is 3.38. The van der Waals surface area contributed by atoms with E-state index in [9.17, 15) is 9.18 Å². The van der Waals surface area contributed by atoms with E-state index in [0.29, 0.717) is 12.2 Å². The van der Waals surface area contributed by atoms with Crippen molar-refractivity contribution < 1.29 is 9.18 Å². The van der Waals surface area contributed by atoms with Crippen molar-refractivity contribution in [3.05, 3.63) is 30.1 Å². The topological polar surface area (TPSA) is 17.1 Å². The van der Waals surface area contributed by atoms with Crippen LogP contribution in [0.5, 0.6) is 0 Å². The normalized spacial score (nSPS) is 10.3. The molecule has 0 amide bonds. The number of carbonyl (C=O) groups is 1. The summed E-state index contributed by atoms with van der Waals surface area (Å²) in [6, 6.07) is 6.23. The summed E-state index contributed by atoms with van der Waals surface area (Å²) in [5, 5.41) is 0. The number of carbonyl (C=O) groups excluding carboxylic acids is 1. The molecule has 0 spiro atoms. The molecule has 0 saturated heterocycles. The number of halogens is 1. The van der Waals surface area contributed by atoms with Crippen LogP contribution in [0.15, 0.2) is 29.2 Å². The van der Waals surface area contributed by atoms with E-state index in [1.54, 1.807) is 12.1 Å². The van der Waals surface area contributed by atoms with Gasteiger partial charge in [0.15, 0.2) is 0 Å². The molecular weight excluding hydrogens is 211 g/mol. The van der Waals surface area contributed by atoms with Gasteiger partial charge in [0.05, 0.1) is 5.75 Å². The van der Waals surface area contributed by atoms with Gasteiger partial charge in [0.2, 0.25) is 0 Å². The smallest absolute Gasteiger partial charge is 0.143 e. The minimum atomic E-state index is -0.239. The summed E-state index contributed by atoms with van der Waals surface area (Å²) in [7, 11) is 0. The van der Waals surface area contributed by atoms with E-state index in [2.05, 4.69) is 6.92 Å². The standard InChI is InChI=1S/C12H15FOS/c1-2-3-4-11(14)9-15-12-7-5-10(13)6-8-12/h5-8H,2-4,9H2,1H3. The Balaban J connectivity index is 2.30. The highest BCUT2D eigenvalue weighted by molar-refractivity contribution is 8.00. The van der Waals surface area contributed by atoms with Gasteiger partial charge < -0.3 is 0 Å². The van der Waals surface area contributed by atoms with E-state index >= 15 is 0 Å². The maximum Gasteiger partial charge on any atom is 0.143 e. The van der Waals surface area contributed by atoms with Crippen LogP contribution in [0.1, 0.15) is 26.2 Å². The Morgan fingerprint density at radius 3 is 2.60 bits per heavy atom. The predicted molar refractivity (Wildman–Crippen MR) is 61.7 cm³/mol. The fourth-order valence-electron chi connectivity index (χ4n) is 1.14. The van der Waals surface area contributed by atoms with Crippen molar-refractivity contribution >= 4 is 17.5 Å². The zero-order chi connectivity index (χ0) is 11.1. The molecule has 0 N–H and O–H groups in total. The van der Waals surface area contributed by atoms with Crippen LogP contribution in [0, 0.1) is 5.82 Å². The van der Waals surface area contributed by atoms with Gasteiger partial charge in [0, 0.05) is 11.3 Å². The lowest BCUT2D eigenvalue weighted by molar-refractivity contribution is -0.116. The molecule has 15 heavy (non-hydrogen) atoms. The molecule has 0 atom stereocenters. The molecule has 0 unspecified atom stereocenters. The van der Waals surface area contributed by atoms with Crippen molar-refractivity contribution in [2.45, 2.75) is 31.1 Å². The van der Waals surface area contributed by atoms with Crippen molar-refractivity contribution in [2.24, 2.45) is 0 Å². The molecule has 3 heteroatoms. The predicted octanol–water partition coefficient (Wildman–Crippen LogP) is 3.68. The second-order valence-corrected chi connectivity index (χ2v) is 4.43. The highest BCUT2D eigenvalue weighted by atomic mass is 32.2. The van der Waals surface area contributed by atoms with Crippen LogP contribution >= 0.6 is 11.8 Å². The van der Waals surface area contributed by atoms with Gasteiger partial charge >= 0.3 is 0 Å². The highest BCUT2D eigenvalue weighted by Crippen LogP contribution is 2.18. The van der Waals surface area contributed by atoms with Gasteiger partial charge in [-0.05, 0) is 30.7 Å². The van der Waals surface area contributed by atoms with E-state index in [-0.39, 0.29) is 11.6 Å². The lowest BCUT2D eigenvalue weighted by Gasteiger charge is -2.00. The van der Waals surface area contributed by atoms with Crippen molar-refractivity contribution in [1.29, 1.82) is 0 Å². The van der Waals surface area contributed by atoms with Crippen LogP contribution in [0.4, 0.5) is 4.39 Å². The fraction of sp³-hybridized carbons (Fsp3) is 0.417. The molecular formula is C12H15FOS. The number of ketones is 1. The first-order valence-corrected chi connectivity index (χ1v) is 6.11. The zero-order valence-corrected chi connectivity index (χ0v) is 9.65. The Kier molecular flexibility index (Phi) is 5.40. The number of benzene rings is 1. The lowest BCUT2D eigenvalue weighted by Crippen LogP contribution is -2.00. The number of rotatable bonds is 6. The minimum Gasteiger partial charge on any atom is -0.299 e.